The van der Waals surface area contributed by atoms with Crippen LogP contribution in [0, 0.1) is 0 Å². The van der Waals surface area contributed by atoms with Crippen molar-refractivity contribution < 1.29 is 27.9 Å². The SMILES string of the molecule is CC(C)(C)OC(=O)N[C@@H]1CCC[C@@](O)(Cc2nc(C(C)(F)F)no2)C1. The van der Waals surface area contributed by atoms with E-state index in [1.54, 1.807) is 20.8 Å². The molecular weight excluding hydrogens is 336 g/mol. The Balaban J connectivity index is 1.96. The van der Waals surface area contributed by atoms with Crippen molar-refractivity contribution in [2.24, 2.45) is 0 Å². The van der Waals surface area contributed by atoms with Crippen LogP contribution < -0.4 is 5.32 Å². The first-order valence-electron chi connectivity index (χ1n) is 8.29. The second kappa shape index (κ2) is 6.86. The second-order valence-corrected chi connectivity index (χ2v) is 7.74. The number of rotatable bonds is 4. The minimum absolute atomic E-state index is 0.0391. The Bertz CT molecular complexity index is 609. The van der Waals surface area contributed by atoms with Gasteiger partial charge in [-0.2, -0.15) is 13.8 Å². The van der Waals surface area contributed by atoms with E-state index in [9.17, 15) is 18.7 Å². The van der Waals surface area contributed by atoms with Gasteiger partial charge in [0.2, 0.25) is 11.7 Å². The molecule has 1 aliphatic carbocycles. The molecule has 0 unspecified atom stereocenters. The van der Waals surface area contributed by atoms with E-state index < -0.39 is 29.0 Å². The molecule has 9 heteroatoms. The van der Waals surface area contributed by atoms with Crippen LogP contribution in [0.25, 0.3) is 0 Å². The van der Waals surface area contributed by atoms with E-state index in [1.165, 1.54) is 0 Å². The third-order valence-corrected chi connectivity index (χ3v) is 3.88. The van der Waals surface area contributed by atoms with Gasteiger partial charge in [0.05, 0.1) is 12.0 Å². The molecule has 0 aromatic carbocycles. The Morgan fingerprint density at radius 1 is 1.44 bits per heavy atom. The van der Waals surface area contributed by atoms with Gasteiger partial charge < -0.3 is 19.7 Å². The summed E-state index contributed by atoms with van der Waals surface area (Å²) in [6.45, 7) is 5.97. The van der Waals surface area contributed by atoms with Crippen molar-refractivity contribution in [3.8, 4) is 0 Å². The predicted octanol–water partition coefficient (Wildman–Crippen LogP) is 2.92. The Kier molecular flexibility index (Phi) is 5.36. The molecule has 0 radical (unpaired) electrons. The molecule has 142 valence electrons. The van der Waals surface area contributed by atoms with Crippen LogP contribution in [-0.4, -0.2) is 38.6 Å². The Hall–Kier alpha value is -1.77. The van der Waals surface area contributed by atoms with Gasteiger partial charge in [-0.25, -0.2) is 4.79 Å². The van der Waals surface area contributed by atoms with Crippen molar-refractivity contribution in [2.75, 3.05) is 0 Å². The number of carbonyl (C=O) groups excluding carboxylic acids is 1. The van der Waals surface area contributed by atoms with Crippen molar-refractivity contribution in [1.29, 1.82) is 0 Å². The minimum atomic E-state index is -3.20. The summed E-state index contributed by atoms with van der Waals surface area (Å²) in [7, 11) is 0. The predicted molar refractivity (Wildman–Crippen MR) is 84.1 cm³/mol. The van der Waals surface area contributed by atoms with Gasteiger partial charge in [0.15, 0.2) is 0 Å². The van der Waals surface area contributed by atoms with Crippen molar-refractivity contribution in [2.45, 2.75) is 83.0 Å². The summed E-state index contributed by atoms with van der Waals surface area (Å²) in [4.78, 5) is 15.5. The van der Waals surface area contributed by atoms with E-state index in [0.717, 1.165) is 0 Å². The van der Waals surface area contributed by atoms with Gasteiger partial charge in [-0.05, 0) is 46.5 Å². The highest BCUT2D eigenvalue weighted by Crippen LogP contribution is 2.32. The summed E-state index contributed by atoms with van der Waals surface area (Å²) in [5.74, 6) is -3.94. The first-order chi connectivity index (χ1) is 11.4. The average Bonchev–Trinajstić information content (AvgIpc) is 2.83. The topological polar surface area (TPSA) is 97.5 Å². The molecule has 0 bridgehead atoms. The number of aromatic nitrogens is 2. The smallest absolute Gasteiger partial charge is 0.407 e. The van der Waals surface area contributed by atoms with Crippen LogP contribution >= 0.6 is 0 Å². The van der Waals surface area contributed by atoms with Crippen LogP contribution in [0.3, 0.4) is 0 Å². The number of amides is 1. The molecule has 25 heavy (non-hydrogen) atoms. The van der Waals surface area contributed by atoms with Crippen LogP contribution in [0.5, 0.6) is 0 Å². The highest BCUT2D eigenvalue weighted by atomic mass is 19.3. The number of nitrogens with zero attached hydrogens (tertiary/aromatic N) is 2. The zero-order chi connectivity index (χ0) is 18.9. The molecule has 0 saturated heterocycles. The van der Waals surface area contributed by atoms with Gasteiger partial charge in [-0.15, -0.1) is 0 Å². The van der Waals surface area contributed by atoms with Gasteiger partial charge in [-0.3, -0.25) is 0 Å². The number of nitrogens with one attached hydrogen (secondary N) is 1. The number of alkyl halides is 2. The molecule has 1 heterocycles. The largest absolute Gasteiger partial charge is 0.444 e. The maximum atomic E-state index is 13.2. The fourth-order valence-corrected chi connectivity index (χ4v) is 2.88. The van der Waals surface area contributed by atoms with Crippen molar-refractivity contribution in [1.82, 2.24) is 15.5 Å². The zero-order valence-corrected chi connectivity index (χ0v) is 14.9. The van der Waals surface area contributed by atoms with Crippen LogP contribution in [-0.2, 0) is 17.1 Å². The molecule has 1 aromatic rings. The van der Waals surface area contributed by atoms with Crippen LogP contribution in [0.4, 0.5) is 13.6 Å². The number of ether oxygens (including phenoxy) is 1. The molecule has 2 atom stereocenters. The standard InChI is InChI=1S/C16H25F2N3O4/c1-14(2,3)24-13(22)19-10-6-5-7-16(23,8-10)9-11-20-12(21-25-11)15(4,17)18/h10,23H,5-9H2,1-4H3,(H,19,22)/t10-,16+/m1/s1. The monoisotopic (exact) mass is 361 g/mol. The van der Waals surface area contributed by atoms with Crippen LogP contribution in [0.15, 0.2) is 4.52 Å². The highest BCUT2D eigenvalue weighted by molar-refractivity contribution is 5.68. The summed E-state index contributed by atoms with van der Waals surface area (Å²) in [5.41, 5.74) is -1.81. The molecule has 0 aliphatic heterocycles. The van der Waals surface area contributed by atoms with Gasteiger partial charge in [0, 0.05) is 13.0 Å². The summed E-state index contributed by atoms with van der Waals surface area (Å²) < 4.78 is 36.4. The molecule has 1 aliphatic rings. The fraction of sp³-hybridized carbons (Fsp3) is 0.812. The molecule has 2 N–H and O–H groups in total. The van der Waals surface area contributed by atoms with Gasteiger partial charge >= 0.3 is 12.0 Å². The van der Waals surface area contributed by atoms with E-state index in [4.69, 9.17) is 9.26 Å². The number of hydrogen-bond donors (Lipinski definition) is 2. The number of carbonyl (C=O) groups is 1. The highest BCUT2D eigenvalue weighted by Gasteiger charge is 2.38. The minimum Gasteiger partial charge on any atom is -0.444 e. The lowest BCUT2D eigenvalue weighted by Crippen LogP contribution is -2.48. The number of aliphatic hydroxyl groups is 1. The Labute approximate surface area is 145 Å². The van der Waals surface area contributed by atoms with Gasteiger partial charge in [0.1, 0.15) is 5.60 Å². The first-order valence-corrected chi connectivity index (χ1v) is 8.29. The van der Waals surface area contributed by atoms with Gasteiger partial charge in [0.25, 0.3) is 0 Å². The number of alkyl carbamates (subject to hydrolysis) is 1. The van der Waals surface area contributed by atoms with Gasteiger partial charge in [-0.1, -0.05) is 5.16 Å². The van der Waals surface area contributed by atoms with E-state index in [-0.39, 0.29) is 24.8 Å². The molecule has 1 aromatic heterocycles. The van der Waals surface area contributed by atoms with E-state index in [1.807, 2.05) is 0 Å². The summed E-state index contributed by atoms with van der Waals surface area (Å²) in [5, 5.41) is 16.7. The fourth-order valence-electron chi connectivity index (χ4n) is 2.88. The van der Waals surface area contributed by atoms with Crippen LogP contribution in [0.1, 0.15) is 65.1 Å². The lowest BCUT2D eigenvalue weighted by molar-refractivity contribution is -0.0149. The Morgan fingerprint density at radius 3 is 2.68 bits per heavy atom. The van der Waals surface area contributed by atoms with E-state index in [0.29, 0.717) is 26.2 Å². The van der Waals surface area contributed by atoms with Crippen molar-refractivity contribution in [3.63, 3.8) is 0 Å². The molecule has 1 amide bonds. The number of halogens is 2. The van der Waals surface area contributed by atoms with E-state index in [2.05, 4.69) is 15.5 Å². The molecule has 2 rings (SSSR count). The normalized spacial score (nSPS) is 24.8. The Morgan fingerprint density at radius 2 is 2.12 bits per heavy atom. The molecule has 7 nitrogen and oxygen atoms in total. The zero-order valence-electron chi connectivity index (χ0n) is 14.9. The second-order valence-electron chi connectivity index (χ2n) is 7.74. The third kappa shape index (κ3) is 5.91. The third-order valence-electron chi connectivity index (χ3n) is 3.88. The molecular formula is C16H25F2N3O4. The summed E-state index contributed by atoms with van der Waals surface area (Å²) in [6, 6.07) is -0.274. The van der Waals surface area contributed by atoms with E-state index >= 15 is 0 Å². The van der Waals surface area contributed by atoms with Crippen molar-refractivity contribution >= 4 is 6.09 Å². The quantitative estimate of drug-likeness (QED) is 0.856. The lowest BCUT2D eigenvalue weighted by Gasteiger charge is -2.36. The maximum absolute atomic E-state index is 13.2. The molecule has 1 fully saturated rings. The average molecular weight is 361 g/mol. The first kappa shape index (κ1) is 19.6. The van der Waals surface area contributed by atoms with Crippen molar-refractivity contribution in [3.05, 3.63) is 11.7 Å². The molecule has 0 spiro atoms. The number of hydrogen-bond acceptors (Lipinski definition) is 6. The lowest BCUT2D eigenvalue weighted by atomic mass is 9.79. The molecule has 1 saturated carbocycles. The maximum Gasteiger partial charge on any atom is 0.407 e. The summed E-state index contributed by atoms with van der Waals surface area (Å²) >= 11 is 0. The summed E-state index contributed by atoms with van der Waals surface area (Å²) in [6.07, 6.45) is 1.49. The van der Waals surface area contributed by atoms with Crippen LogP contribution in [0.2, 0.25) is 0 Å².